The molecule has 1 heterocycles. The third kappa shape index (κ3) is 3.09. The summed E-state index contributed by atoms with van der Waals surface area (Å²) in [4.78, 5) is 8.61. The van der Waals surface area contributed by atoms with Crippen molar-refractivity contribution in [3.05, 3.63) is 53.8 Å². The zero-order valence-electron chi connectivity index (χ0n) is 11.6. The summed E-state index contributed by atoms with van der Waals surface area (Å²) in [5.74, 6) is -0.214. The average Bonchev–Trinajstić information content (AvgIpc) is 2.84. The Morgan fingerprint density at radius 3 is 2.81 bits per heavy atom. The maximum absolute atomic E-state index is 14.0. The van der Waals surface area contributed by atoms with Crippen LogP contribution in [0.4, 0.5) is 4.39 Å². The number of rotatable bonds is 4. The molecule has 5 heteroatoms. The molecule has 3 nitrogen and oxygen atoms in total. The first-order valence-electron chi connectivity index (χ1n) is 6.79. The van der Waals surface area contributed by atoms with Gasteiger partial charge in [-0.3, -0.25) is 0 Å². The van der Waals surface area contributed by atoms with Crippen molar-refractivity contribution in [3.63, 3.8) is 0 Å². The van der Waals surface area contributed by atoms with Gasteiger partial charge in [0.1, 0.15) is 5.82 Å². The molecular formula is C16H16FN3S. The van der Waals surface area contributed by atoms with Gasteiger partial charge in [0.05, 0.1) is 11.0 Å². The fourth-order valence-corrected chi connectivity index (χ4v) is 3.20. The van der Waals surface area contributed by atoms with Crippen LogP contribution in [0.5, 0.6) is 0 Å². The molecule has 3 aromatic rings. The molecule has 3 rings (SSSR count). The number of para-hydroxylation sites is 2. The second-order valence-electron chi connectivity index (χ2n) is 5.06. The first-order chi connectivity index (χ1) is 10.1. The Labute approximate surface area is 126 Å². The van der Waals surface area contributed by atoms with Crippen molar-refractivity contribution in [2.24, 2.45) is 5.73 Å². The van der Waals surface area contributed by atoms with Crippen LogP contribution in [0.2, 0.25) is 0 Å². The highest BCUT2D eigenvalue weighted by Gasteiger charge is 2.13. The molecule has 0 fully saturated rings. The number of halogens is 1. The summed E-state index contributed by atoms with van der Waals surface area (Å²) in [5, 5.41) is 0.757. The average molecular weight is 301 g/mol. The number of imidazole rings is 1. The van der Waals surface area contributed by atoms with Crippen molar-refractivity contribution in [1.29, 1.82) is 0 Å². The molecule has 1 atom stereocenters. The van der Waals surface area contributed by atoms with Crippen molar-refractivity contribution in [3.8, 4) is 0 Å². The van der Waals surface area contributed by atoms with Gasteiger partial charge in [0, 0.05) is 16.5 Å². The van der Waals surface area contributed by atoms with Crippen LogP contribution >= 0.6 is 11.8 Å². The topological polar surface area (TPSA) is 54.7 Å². The van der Waals surface area contributed by atoms with Gasteiger partial charge >= 0.3 is 0 Å². The zero-order valence-corrected chi connectivity index (χ0v) is 12.5. The second-order valence-corrected chi connectivity index (χ2v) is 6.09. The van der Waals surface area contributed by atoms with E-state index in [0.29, 0.717) is 12.0 Å². The van der Waals surface area contributed by atoms with Gasteiger partial charge in [-0.05, 0) is 37.6 Å². The van der Waals surface area contributed by atoms with E-state index >= 15 is 0 Å². The van der Waals surface area contributed by atoms with Crippen LogP contribution in [0.25, 0.3) is 11.0 Å². The minimum Gasteiger partial charge on any atom is -0.333 e. The van der Waals surface area contributed by atoms with Crippen LogP contribution in [0.1, 0.15) is 12.5 Å². The SMILES string of the molecule is CC(N)Cc1c(F)cccc1Sc1nc2ccccc2[nH]1. The quantitative estimate of drug-likeness (QED) is 0.772. The third-order valence-corrected chi connectivity index (χ3v) is 4.17. The van der Waals surface area contributed by atoms with E-state index in [1.807, 2.05) is 37.3 Å². The zero-order chi connectivity index (χ0) is 14.8. The lowest BCUT2D eigenvalue weighted by Gasteiger charge is -2.11. The molecule has 2 aromatic carbocycles. The second kappa shape index (κ2) is 5.87. The Morgan fingerprint density at radius 2 is 2.05 bits per heavy atom. The van der Waals surface area contributed by atoms with Gasteiger partial charge in [-0.1, -0.05) is 30.0 Å². The van der Waals surface area contributed by atoms with Crippen LogP contribution in [-0.2, 0) is 6.42 Å². The Kier molecular flexibility index (Phi) is 3.94. The molecule has 21 heavy (non-hydrogen) atoms. The fraction of sp³-hybridized carbons (Fsp3) is 0.188. The number of nitrogens with zero attached hydrogens (tertiary/aromatic N) is 1. The highest BCUT2D eigenvalue weighted by molar-refractivity contribution is 7.99. The minimum absolute atomic E-state index is 0.0862. The number of nitrogens with one attached hydrogen (secondary N) is 1. The summed E-state index contributed by atoms with van der Waals surface area (Å²) in [7, 11) is 0. The Hall–Kier alpha value is -1.85. The summed E-state index contributed by atoms with van der Waals surface area (Å²) in [6.07, 6.45) is 0.509. The Balaban J connectivity index is 1.95. The molecule has 3 N–H and O–H groups in total. The maximum Gasteiger partial charge on any atom is 0.171 e. The molecular weight excluding hydrogens is 285 g/mol. The lowest BCUT2D eigenvalue weighted by molar-refractivity contribution is 0.588. The van der Waals surface area contributed by atoms with Crippen LogP contribution in [0.15, 0.2) is 52.5 Å². The molecule has 0 spiro atoms. The Bertz CT molecular complexity index is 734. The van der Waals surface area contributed by atoms with Crippen molar-refractivity contribution in [1.82, 2.24) is 9.97 Å². The predicted octanol–water partition coefficient (Wildman–Crippen LogP) is 3.74. The van der Waals surface area contributed by atoms with Gasteiger partial charge in [0.25, 0.3) is 0 Å². The van der Waals surface area contributed by atoms with E-state index in [4.69, 9.17) is 5.73 Å². The van der Waals surface area contributed by atoms with Crippen LogP contribution in [0.3, 0.4) is 0 Å². The van der Waals surface area contributed by atoms with Crippen molar-refractivity contribution in [2.45, 2.75) is 29.4 Å². The van der Waals surface area contributed by atoms with Crippen LogP contribution < -0.4 is 5.73 Å². The standard InChI is InChI=1S/C16H16FN3S/c1-10(18)9-11-12(17)5-4-8-15(11)21-16-19-13-6-2-3-7-14(13)20-16/h2-8,10H,9,18H2,1H3,(H,19,20). The van der Waals surface area contributed by atoms with Gasteiger partial charge in [-0.25, -0.2) is 9.37 Å². The highest BCUT2D eigenvalue weighted by Crippen LogP contribution is 2.31. The van der Waals surface area contributed by atoms with E-state index < -0.39 is 0 Å². The lowest BCUT2D eigenvalue weighted by Crippen LogP contribution is -2.19. The van der Waals surface area contributed by atoms with E-state index in [1.165, 1.54) is 17.8 Å². The summed E-state index contributed by atoms with van der Waals surface area (Å²) in [6.45, 7) is 1.88. The van der Waals surface area contributed by atoms with Gasteiger partial charge in [-0.2, -0.15) is 0 Å². The summed E-state index contributed by atoms with van der Waals surface area (Å²) < 4.78 is 14.0. The monoisotopic (exact) mass is 301 g/mol. The summed E-state index contributed by atoms with van der Waals surface area (Å²) in [6, 6.07) is 12.8. The lowest BCUT2D eigenvalue weighted by atomic mass is 10.1. The number of aromatic amines is 1. The van der Waals surface area contributed by atoms with Gasteiger partial charge in [0.2, 0.25) is 0 Å². The summed E-state index contributed by atoms with van der Waals surface area (Å²) >= 11 is 1.43. The van der Waals surface area contributed by atoms with Crippen LogP contribution in [0, 0.1) is 5.82 Å². The van der Waals surface area contributed by atoms with Crippen LogP contribution in [-0.4, -0.2) is 16.0 Å². The molecule has 0 aliphatic rings. The van der Waals surface area contributed by atoms with Gasteiger partial charge in [-0.15, -0.1) is 0 Å². The normalized spacial score (nSPS) is 12.7. The molecule has 0 aliphatic carbocycles. The van der Waals surface area contributed by atoms with E-state index in [9.17, 15) is 4.39 Å². The number of H-pyrrole nitrogens is 1. The smallest absolute Gasteiger partial charge is 0.171 e. The molecule has 0 aliphatic heterocycles. The molecule has 108 valence electrons. The van der Waals surface area contributed by atoms with E-state index in [-0.39, 0.29) is 11.9 Å². The first-order valence-corrected chi connectivity index (χ1v) is 7.60. The first kappa shape index (κ1) is 14.1. The molecule has 1 unspecified atom stereocenters. The predicted molar refractivity (Wildman–Crippen MR) is 84.0 cm³/mol. The van der Waals surface area contributed by atoms with Gasteiger partial charge in [0.15, 0.2) is 5.16 Å². The highest BCUT2D eigenvalue weighted by atomic mass is 32.2. The van der Waals surface area contributed by atoms with Gasteiger partial charge < -0.3 is 10.7 Å². The molecule has 0 saturated heterocycles. The van der Waals surface area contributed by atoms with Crippen molar-refractivity contribution >= 4 is 22.8 Å². The number of fused-ring (bicyclic) bond motifs is 1. The third-order valence-electron chi connectivity index (χ3n) is 3.18. The molecule has 0 saturated carbocycles. The number of aromatic nitrogens is 2. The number of hydrogen-bond donors (Lipinski definition) is 2. The van der Waals surface area contributed by atoms with Crippen molar-refractivity contribution < 1.29 is 4.39 Å². The molecule has 0 radical (unpaired) electrons. The number of nitrogens with two attached hydrogens (primary N) is 1. The molecule has 0 bridgehead atoms. The van der Waals surface area contributed by atoms with E-state index in [1.54, 1.807) is 6.07 Å². The fourth-order valence-electron chi connectivity index (χ4n) is 2.24. The Morgan fingerprint density at radius 1 is 1.24 bits per heavy atom. The molecule has 0 amide bonds. The largest absolute Gasteiger partial charge is 0.333 e. The molecule has 1 aromatic heterocycles. The minimum atomic E-state index is -0.214. The number of hydrogen-bond acceptors (Lipinski definition) is 3. The number of benzene rings is 2. The van der Waals surface area contributed by atoms with E-state index in [2.05, 4.69) is 9.97 Å². The van der Waals surface area contributed by atoms with E-state index in [0.717, 1.165) is 21.1 Å². The summed E-state index contributed by atoms with van der Waals surface area (Å²) in [5.41, 5.74) is 8.35. The maximum atomic E-state index is 14.0. The van der Waals surface area contributed by atoms with Crippen molar-refractivity contribution in [2.75, 3.05) is 0 Å².